The van der Waals surface area contributed by atoms with Crippen molar-refractivity contribution in [3.8, 4) is 0 Å². The van der Waals surface area contributed by atoms with Gasteiger partial charge in [0.25, 0.3) is 0 Å². The number of hydrogen-bond acceptors (Lipinski definition) is 6. The molecule has 132 valence electrons. The Bertz CT molecular complexity index is 1030. The predicted octanol–water partition coefficient (Wildman–Crippen LogP) is 3.25. The number of benzene rings is 2. The molecule has 0 aliphatic heterocycles. The fourth-order valence-corrected chi connectivity index (χ4v) is 2.45. The Balaban J connectivity index is 1.74. The highest BCUT2D eigenvalue weighted by Crippen LogP contribution is 2.15. The van der Waals surface area contributed by atoms with Crippen LogP contribution in [0.5, 0.6) is 0 Å². The summed E-state index contributed by atoms with van der Waals surface area (Å²) in [5, 5.41) is 0.417. The second-order valence-electron chi connectivity index (χ2n) is 5.74. The lowest BCUT2D eigenvalue weighted by Crippen LogP contribution is -2.10. The highest BCUT2D eigenvalue weighted by atomic mass is 16.5. The molecule has 1 heterocycles. The van der Waals surface area contributed by atoms with E-state index in [1.807, 2.05) is 6.92 Å². The second-order valence-corrected chi connectivity index (χ2v) is 5.74. The summed E-state index contributed by atoms with van der Waals surface area (Å²) >= 11 is 0. The van der Waals surface area contributed by atoms with Crippen molar-refractivity contribution in [2.24, 2.45) is 0 Å². The summed E-state index contributed by atoms with van der Waals surface area (Å²) in [6.07, 6.45) is 0. The van der Waals surface area contributed by atoms with Crippen LogP contribution in [0.2, 0.25) is 0 Å². The van der Waals surface area contributed by atoms with Crippen LogP contribution in [0.4, 0.5) is 0 Å². The molecule has 3 aromatic rings. The Morgan fingerprint density at radius 3 is 2.42 bits per heavy atom. The van der Waals surface area contributed by atoms with Crippen molar-refractivity contribution in [2.45, 2.75) is 13.5 Å². The number of methoxy groups -OCH3 is 1. The van der Waals surface area contributed by atoms with Gasteiger partial charge in [-0.1, -0.05) is 23.8 Å². The Morgan fingerprint density at radius 1 is 1.00 bits per heavy atom. The first-order valence-electron chi connectivity index (χ1n) is 7.87. The molecule has 0 N–H and O–H groups in total. The van der Waals surface area contributed by atoms with Gasteiger partial charge in [-0.3, -0.25) is 4.79 Å². The summed E-state index contributed by atoms with van der Waals surface area (Å²) in [6, 6.07) is 12.7. The van der Waals surface area contributed by atoms with Crippen LogP contribution < -0.4 is 5.43 Å². The van der Waals surface area contributed by atoms with Crippen molar-refractivity contribution in [3.05, 3.63) is 81.2 Å². The smallest absolute Gasteiger partial charge is 0.374 e. The van der Waals surface area contributed by atoms with Crippen LogP contribution in [0, 0.1) is 6.92 Å². The van der Waals surface area contributed by atoms with E-state index in [1.54, 1.807) is 42.5 Å². The van der Waals surface area contributed by atoms with E-state index < -0.39 is 11.9 Å². The number of hydrogen-bond donors (Lipinski definition) is 0. The second kappa shape index (κ2) is 7.23. The third kappa shape index (κ3) is 3.64. The highest BCUT2D eigenvalue weighted by Gasteiger charge is 2.14. The monoisotopic (exact) mass is 352 g/mol. The van der Waals surface area contributed by atoms with Crippen molar-refractivity contribution in [1.29, 1.82) is 0 Å². The van der Waals surface area contributed by atoms with Crippen LogP contribution >= 0.6 is 0 Å². The quantitative estimate of drug-likeness (QED) is 0.670. The maximum atomic E-state index is 12.2. The summed E-state index contributed by atoms with van der Waals surface area (Å²) in [5.41, 5.74) is 2.04. The van der Waals surface area contributed by atoms with Gasteiger partial charge in [-0.25, -0.2) is 9.59 Å². The minimum Gasteiger partial charge on any atom is -0.465 e. The van der Waals surface area contributed by atoms with Crippen LogP contribution in [-0.4, -0.2) is 19.0 Å². The van der Waals surface area contributed by atoms with Gasteiger partial charge >= 0.3 is 11.9 Å². The van der Waals surface area contributed by atoms with E-state index in [0.717, 1.165) is 11.6 Å². The molecule has 6 nitrogen and oxygen atoms in total. The number of carbonyl (C=O) groups excluding carboxylic acids is 2. The molecule has 0 fully saturated rings. The lowest BCUT2D eigenvalue weighted by molar-refractivity contribution is 0.0435. The summed E-state index contributed by atoms with van der Waals surface area (Å²) in [7, 11) is 1.30. The van der Waals surface area contributed by atoms with Crippen LogP contribution in [0.25, 0.3) is 11.0 Å². The summed E-state index contributed by atoms with van der Waals surface area (Å²) < 4.78 is 15.3. The van der Waals surface area contributed by atoms with Gasteiger partial charge in [0.1, 0.15) is 12.2 Å². The van der Waals surface area contributed by atoms with E-state index in [4.69, 9.17) is 9.15 Å². The normalized spacial score (nSPS) is 10.5. The lowest BCUT2D eigenvalue weighted by Gasteiger charge is -2.06. The molecule has 0 aliphatic carbocycles. The van der Waals surface area contributed by atoms with Gasteiger partial charge in [-0.05, 0) is 36.8 Å². The Morgan fingerprint density at radius 2 is 1.73 bits per heavy atom. The number of fused-ring (bicyclic) bond motifs is 1. The number of esters is 2. The molecule has 0 radical (unpaired) electrons. The highest BCUT2D eigenvalue weighted by molar-refractivity contribution is 5.90. The predicted molar refractivity (Wildman–Crippen MR) is 94.1 cm³/mol. The Hall–Kier alpha value is -3.41. The minimum atomic E-state index is -0.735. The maximum Gasteiger partial charge on any atom is 0.374 e. The topological polar surface area (TPSA) is 82.8 Å². The first-order chi connectivity index (χ1) is 12.5. The largest absolute Gasteiger partial charge is 0.465 e. The van der Waals surface area contributed by atoms with Gasteiger partial charge in [-0.2, -0.15) is 0 Å². The first kappa shape index (κ1) is 17.4. The lowest BCUT2D eigenvalue weighted by atomic mass is 10.1. The van der Waals surface area contributed by atoms with E-state index in [1.165, 1.54) is 7.11 Å². The van der Waals surface area contributed by atoms with Crippen molar-refractivity contribution in [1.82, 2.24) is 0 Å². The molecular formula is C20H16O6. The van der Waals surface area contributed by atoms with Gasteiger partial charge in [0.15, 0.2) is 5.43 Å². The van der Waals surface area contributed by atoms with E-state index in [9.17, 15) is 14.4 Å². The molecule has 0 saturated heterocycles. The zero-order valence-electron chi connectivity index (χ0n) is 14.3. The van der Waals surface area contributed by atoms with Crippen LogP contribution in [0.3, 0.4) is 0 Å². The molecule has 0 amide bonds. The van der Waals surface area contributed by atoms with Crippen molar-refractivity contribution < 1.29 is 23.5 Å². The fourth-order valence-electron chi connectivity index (χ4n) is 2.45. The molecule has 0 spiro atoms. The van der Waals surface area contributed by atoms with Crippen LogP contribution in [-0.2, 0) is 16.1 Å². The van der Waals surface area contributed by atoms with Crippen molar-refractivity contribution in [2.75, 3.05) is 7.11 Å². The van der Waals surface area contributed by atoms with Crippen LogP contribution in [0.15, 0.2) is 57.7 Å². The molecule has 0 unspecified atom stereocenters. The fraction of sp³-hybridized carbons (Fsp3) is 0.150. The number of carbonyl (C=O) groups is 2. The van der Waals surface area contributed by atoms with Gasteiger partial charge in [0.2, 0.25) is 5.76 Å². The van der Waals surface area contributed by atoms with Gasteiger partial charge in [0.05, 0.1) is 18.1 Å². The Kier molecular flexibility index (Phi) is 4.84. The zero-order chi connectivity index (χ0) is 18.7. The van der Waals surface area contributed by atoms with E-state index in [2.05, 4.69) is 4.74 Å². The molecule has 2 aromatic carbocycles. The molecular weight excluding hydrogens is 336 g/mol. The molecule has 0 saturated carbocycles. The molecule has 0 aliphatic rings. The molecule has 0 bridgehead atoms. The average Bonchev–Trinajstić information content (AvgIpc) is 2.66. The number of aryl methyl sites for hydroxylation is 1. The summed E-state index contributed by atoms with van der Waals surface area (Å²) in [6.45, 7) is 1.85. The zero-order valence-corrected chi connectivity index (χ0v) is 14.3. The number of rotatable bonds is 4. The van der Waals surface area contributed by atoms with Gasteiger partial charge in [-0.15, -0.1) is 0 Å². The van der Waals surface area contributed by atoms with Crippen molar-refractivity contribution in [3.63, 3.8) is 0 Å². The minimum absolute atomic E-state index is 0.0179. The van der Waals surface area contributed by atoms with E-state index in [0.29, 0.717) is 22.1 Å². The van der Waals surface area contributed by atoms with Gasteiger partial charge in [0, 0.05) is 6.07 Å². The Labute approximate surface area is 149 Å². The SMILES string of the molecule is COC(=O)c1ccc(COC(=O)c2cc(=O)c3cc(C)ccc3o2)cc1. The summed E-state index contributed by atoms with van der Waals surface area (Å²) in [4.78, 5) is 35.7. The molecule has 26 heavy (non-hydrogen) atoms. The third-order valence-electron chi connectivity index (χ3n) is 3.83. The van der Waals surface area contributed by atoms with Gasteiger partial charge < -0.3 is 13.9 Å². The van der Waals surface area contributed by atoms with Crippen LogP contribution in [0.1, 0.15) is 32.0 Å². The van der Waals surface area contributed by atoms with Crippen molar-refractivity contribution >= 4 is 22.9 Å². The molecule has 0 atom stereocenters. The maximum absolute atomic E-state index is 12.2. The molecule has 3 rings (SSSR count). The average molecular weight is 352 g/mol. The third-order valence-corrected chi connectivity index (χ3v) is 3.83. The standard InChI is InChI=1S/C20H16O6/c1-12-3-8-17-15(9-12)16(21)10-18(26-17)20(23)25-11-13-4-6-14(7-5-13)19(22)24-2/h3-10H,11H2,1-2H3. The first-order valence-corrected chi connectivity index (χ1v) is 7.87. The summed E-state index contributed by atoms with van der Waals surface area (Å²) in [5.74, 6) is -1.33. The number of ether oxygens (including phenoxy) is 2. The molecule has 6 heteroatoms. The van der Waals surface area contributed by atoms with E-state index >= 15 is 0 Å². The molecule has 1 aromatic heterocycles. The van der Waals surface area contributed by atoms with E-state index in [-0.39, 0.29) is 17.8 Å².